The van der Waals surface area contributed by atoms with Crippen LogP contribution in [0.5, 0.6) is 0 Å². The standard InChI is InChI=1S/C19H17F3N2O3S/c1-12(13-7-5-8-15(10-13)19(20,21)22)23-27-11-14-6-3-4-9-16(14)17(18(25)28)24-26-2/h3-10H,11H2,1-2H3,(H,25,28). The Labute approximate surface area is 165 Å². The van der Waals surface area contributed by atoms with Crippen molar-refractivity contribution in [3.05, 3.63) is 70.8 Å². The predicted octanol–water partition coefficient (Wildman–Crippen LogP) is 4.45. The van der Waals surface area contributed by atoms with Crippen molar-refractivity contribution < 1.29 is 27.6 Å². The molecule has 0 atom stereocenters. The number of alkyl halides is 3. The highest BCUT2D eigenvalue weighted by Gasteiger charge is 2.30. The van der Waals surface area contributed by atoms with E-state index in [0.29, 0.717) is 11.1 Å². The summed E-state index contributed by atoms with van der Waals surface area (Å²) in [6.45, 7) is 1.51. The molecule has 0 saturated heterocycles. The Balaban J connectivity index is 2.19. The second kappa shape index (κ2) is 9.41. The van der Waals surface area contributed by atoms with Gasteiger partial charge in [-0.1, -0.05) is 59.3 Å². The summed E-state index contributed by atoms with van der Waals surface area (Å²) in [6, 6.07) is 11.6. The smallest absolute Gasteiger partial charge is 0.399 e. The fraction of sp³-hybridized carbons (Fsp3) is 0.211. The van der Waals surface area contributed by atoms with Crippen LogP contribution in [0, 0.1) is 0 Å². The van der Waals surface area contributed by atoms with Gasteiger partial charge in [-0.15, -0.1) is 0 Å². The van der Waals surface area contributed by atoms with Gasteiger partial charge >= 0.3 is 6.18 Å². The number of hydrogen-bond acceptors (Lipinski definition) is 5. The fourth-order valence-electron chi connectivity index (χ4n) is 2.34. The highest BCUT2D eigenvalue weighted by molar-refractivity contribution is 7.99. The first-order valence-electron chi connectivity index (χ1n) is 8.01. The van der Waals surface area contributed by atoms with E-state index in [2.05, 4.69) is 27.8 Å². The molecular formula is C19H17F3N2O3S. The van der Waals surface area contributed by atoms with Gasteiger partial charge in [-0.25, -0.2) is 0 Å². The Morgan fingerprint density at radius 1 is 1.11 bits per heavy atom. The molecule has 0 fully saturated rings. The van der Waals surface area contributed by atoms with E-state index >= 15 is 0 Å². The third-order valence-electron chi connectivity index (χ3n) is 3.69. The number of carbonyl (C=O) groups is 1. The lowest BCUT2D eigenvalue weighted by atomic mass is 10.0. The summed E-state index contributed by atoms with van der Waals surface area (Å²) < 4.78 is 38.5. The van der Waals surface area contributed by atoms with Gasteiger partial charge in [0, 0.05) is 11.1 Å². The third-order valence-corrected chi connectivity index (χ3v) is 3.90. The quantitative estimate of drug-likeness (QED) is 0.417. The molecule has 0 N–H and O–H groups in total. The number of nitrogens with zero attached hydrogens (tertiary/aromatic N) is 2. The second-order valence-corrected chi connectivity index (χ2v) is 6.02. The first-order valence-corrected chi connectivity index (χ1v) is 8.45. The molecule has 0 aliphatic carbocycles. The Morgan fingerprint density at radius 3 is 2.46 bits per heavy atom. The number of halogens is 3. The minimum atomic E-state index is -4.44. The second-order valence-electron chi connectivity index (χ2n) is 5.61. The van der Waals surface area contributed by atoms with E-state index in [1.807, 2.05) is 0 Å². The number of oxime groups is 2. The summed E-state index contributed by atoms with van der Waals surface area (Å²) in [4.78, 5) is 21.6. The molecule has 2 aromatic carbocycles. The van der Waals surface area contributed by atoms with Crippen molar-refractivity contribution in [3.8, 4) is 0 Å². The largest absolute Gasteiger partial charge is 0.416 e. The molecule has 0 aliphatic heterocycles. The van der Waals surface area contributed by atoms with Gasteiger partial charge in [0.25, 0.3) is 0 Å². The maximum absolute atomic E-state index is 12.8. The number of thiol groups is 1. The minimum absolute atomic E-state index is 0.00335. The van der Waals surface area contributed by atoms with Crippen molar-refractivity contribution in [3.63, 3.8) is 0 Å². The highest BCUT2D eigenvalue weighted by Crippen LogP contribution is 2.29. The molecule has 0 amide bonds. The third kappa shape index (κ3) is 5.59. The van der Waals surface area contributed by atoms with Crippen molar-refractivity contribution >= 4 is 29.2 Å². The van der Waals surface area contributed by atoms with Crippen molar-refractivity contribution in [1.82, 2.24) is 0 Å². The molecule has 0 aliphatic rings. The molecule has 5 nitrogen and oxygen atoms in total. The lowest BCUT2D eigenvalue weighted by Gasteiger charge is -2.10. The minimum Gasteiger partial charge on any atom is -0.399 e. The lowest BCUT2D eigenvalue weighted by molar-refractivity contribution is -0.137. The number of benzene rings is 2. The van der Waals surface area contributed by atoms with E-state index in [4.69, 9.17) is 4.84 Å². The average molecular weight is 410 g/mol. The molecule has 2 aromatic rings. The average Bonchev–Trinajstić information content (AvgIpc) is 2.66. The van der Waals surface area contributed by atoms with Crippen LogP contribution in [-0.4, -0.2) is 23.6 Å². The monoisotopic (exact) mass is 410 g/mol. The SMILES string of the molecule is CON=C(C(=O)S)c1ccccc1CON=C(C)c1cccc(C(F)(F)F)c1. The Kier molecular flexibility index (Phi) is 7.22. The number of hydrogen-bond donors (Lipinski definition) is 1. The zero-order chi connectivity index (χ0) is 20.7. The van der Waals surface area contributed by atoms with Gasteiger partial charge in [-0.2, -0.15) is 13.2 Å². The van der Waals surface area contributed by atoms with Crippen LogP contribution in [0.3, 0.4) is 0 Å². The first kappa shape index (κ1) is 21.5. The molecule has 2 rings (SSSR count). The molecule has 28 heavy (non-hydrogen) atoms. The molecule has 148 valence electrons. The van der Waals surface area contributed by atoms with Gasteiger partial charge < -0.3 is 9.68 Å². The van der Waals surface area contributed by atoms with Crippen LogP contribution in [0.4, 0.5) is 13.2 Å². The highest BCUT2D eigenvalue weighted by atomic mass is 32.1. The molecule has 0 unspecified atom stereocenters. The van der Waals surface area contributed by atoms with E-state index in [9.17, 15) is 18.0 Å². The van der Waals surface area contributed by atoms with Crippen LogP contribution < -0.4 is 0 Å². The van der Waals surface area contributed by atoms with Gasteiger partial charge in [0.1, 0.15) is 13.7 Å². The molecule has 9 heteroatoms. The number of rotatable bonds is 7. The van der Waals surface area contributed by atoms with Crippen molar-refractivity contribution in [1.29, 1.82) is 0 Å². The van der Waals surface area contributed by atoms with Gasteiger partial charge in [0.05, 0.1) is 11.3 Å². The van der Waals surface area contributed by atoms with Gasteiger partial charge in [-0.3, -0.25) is 4.79 Å². The van der Waals surface area contributed by atoms with E-state index < -0.39 is 16.9 Å². The van der Waals surface area contributed by atoms with Gasteiger partial charge in [0.2, 0.25) is 5.12 Å². The first-order chi connectivity index (χ1) is 13.2. The summed E-state index contributed by atoms with van der Waals surface area (Å²) in [5, 5.41) is 6.96. The normalized spacial score (nSPS) is 12.6. The summed E-state index contributed by atoms with van der Waals surface area (Å²) in [6.07, 6.45) is -4.44. The van der Waals surface area contributed by atoms with E-state index in [-0.39, 0.29) is 23.6 Å². The van der Waals surface area contributed by atoms with Crippen LogP contribution in [0.1, 0.15) is 29.2 Å². The summed E-state index contributed by atoms with van der Waals surface area (Å²) in [5.74, 6) is 0. The lowest BCUT2D eigenvalue weighted by Crippen LogP contribution is -2.13. The van der Waals surface area contributed by atoms with Crippen LogP contribution in [0.25, 0.3) is 0 Å². The Hall–Kier alpha value is -2.81. The molecule has 0 bridgehead atoms. The fourth-order valence-corrected chi connectivity index (χ4v) is 2.51. The maximum Gasteiger partial charge on any atom is 0.416 e. The molecule has 0 aromatic heterocycles. The maximum atomic E-state index is 12.8. The van der Waals surface area contributed by atoms with Crippen molar-refractivity contribution in [2.75, 3.05) is 7.11 Å². The summed E-state index contributed by atoms with van der Waals surface area (Å²) in [5.41, 5.74) is 0.841. The van der Waals surface area contributed by atoms with E-state index in [1.165, 1.54) is 26.2 Å². The zero-order valence-electron chi connectivity index (χ0n) is 15.0. The predicted molar refractivity (Wildman–Crippen MR) is 102 cm³/mol. The van der Waals surface area contributed by atoms with E-state index in [0.717, 1.165) is 12.1 Å². The Bertz CT molecular complexity index is 911. The van der Waals surface area contributed by atoms with Crippen LogP contribution >= 0.6 is 12.6 Å². The van der Waals surface area contributed by atoms with Crippen LogP contribution in [-0.2, 0) is 27.3 Å². The molecule has 0 spiro atoms. The van der Waals surface area contributed by atoms with Crippen LogP contribution in [0.15, 0.2) is 58.8 Å². The van der Waals surface area contributed by atoms with Gasteiger partial charge in [-0.05, 0) is 24.6 Å². The van der Waals surface area contributed by atoms with E-state index in [1.54, 1.807) is 24.3 Å². The summed E-state index contributed by atoms with van der Waals surface area (Å²) in [7, 11) is 1.30. The molecule has 0 radical (unpaired) electrons. The van der Waals surface area contributed by atoms with Crippen LogP contribution in [0.2, 0.25) is 0 Å². The molecular weight excluding hydrogens is 393 g/mol. The molecule has 0 heterocycles. The topological polar surface area (TPSA) is 60.2 Å². The zero-order valence-corrected chi connectivity index (χ0v) is 15.9. The molecule has 0 saturated carbocycles. The van der Waals surface area contributed by atoms with Crippen molar-refractivity contribution in [2.24, 2.45) is 10.3 Å². The van der Waals surface area contributed by atoms with Gasteiger partial charge in [0.15, 0.2) is 5.71 Å². The summed E-state index contributed by atoms with van der Waals surface area (Å²) >= 11 is 3.78. The van der Waals surface area contributed by atoms with Crippen molar-refractivity contribution in [2.45, 2.75) is 19.7 Å². The Morgan fingerprint density at radius 2 is 1.82 bits per heavy atom. The number of carbonyl (C=O) groups excluding carboxylic acids is 1.